The molecular weight excluding hydrogens is 283 g/mol. The molecule has 1 amide bonds. The van der Waals surface area contributed by atoms with Crippen LogP contribution in [-0.2, 0) is 10.0 Å². The van der Waals surface area contributed by atoms with E-state index in [9.17, 15) is 17.6 Å². The number of rotatable bonds is 6. The second-order valence-corrected chi connectivity index (χ2v) is 6.48. The molecule has 20 heavy (non-hydrogen) atoms. The van der Waals surface area contributed by atoms with Crippen LogP contribution in [0.2, 0.25) is 0 Å². The van der Waals surface area contributed by atoms with Gasteiger partial charge in [-0.25, -0.2) is 17.5 Å². The van der Waals surface area contributed by atoms with Crippen LogP contribution >= 0.6 is 0 Å². The SMILES string of the molecule is CCCNC(=O)c1ccc(F)c(S(=O)(=O)NC2CC2)c1. The molecule has 2 rings (SSSR count). The second-order valence-electron chi connectivity index (χ2n) is 4.80. The predicted molar refractivity (Wildman–Crippen MR) is 72.4 cm³/mol. The van der Waals surface area contributed by atoms with Gasteiger partial charge in [-0.3, -0.25) is 4.79 Å². The van der Waals surface area contributed by atoms with E-state index in [1.54, 1.807) is 0 Å². The van der Waals surface area contributed by atoms with Gasteiger partial charge in [-0.1, -0.05) is 6.92 Å². The summed E-state index contributed by atoms with van der Waals surface area (Å²) in [6.07, 6.45) is 2.29. The summed E-state index contributed by atoms with van der Waals surface area (Å²) in [5, 5.41) is 2.62. The first-order valence-electron chi connectivity index (χ1n) is 6.54. The lowest BCUT2D eigenvalue weighted by Gasteiger charge is -2.09. The van der Waals surface area contributed by atoms with Crippen LogP contribution in [0.15, 0.2) is 23.1 Å². The largest absolute Gasteiger partial charge is 0.352 e. The van der Waals surface area contributed by atoms with Gasteiger partial charge in [0, 0.05) is 18.2 Å². The molecule has 1 aromatic carbocycles. The third kappa shape index (κ3) is 3.55. The molecular formula is C13H17FN2O3S. The Morgan fingerprint density at radius 1 is 1.40 bits per heavy atom. The Labute approximate surface area is 117 Å². The van der Waals surface area contributed by atoms with Gasteiger partial charge >= 0.3 is 0 Å². The van der Waals surface area contributed by atoms with E-state index < -0.39 is 26.6 Å². The molecule has 1 saturated carbocycles. The highest BCUT2D eigenvalue weighted by Crippen LogP contribution is 2.23. The minimum atomic E-state index is -3.91. The number of carbonyl (C=O) groups excluding carboxylic acids is 1. The van der Waals surface area contributed by atoms with Crippen molar-refractivity contribution < 1.29 is 17.6 Å². The minimum absolute atomic E-state index is 0.114. The highest BCUT2D eigenvalue weighted by atomic mass is 32.2. The molecule has 2 N–H and O–H groups in total. The Balaban J connectivity index is 2.26. The Kier molecular flexibility index (Phi) is 4.39. The summed E-state index contributed by atoms with van der Waals surface area (Å²) < 4.78 is 40.1. The lowest BCUT2D eigenvalue weighted by Crippen LogP contribution is -2.28. The lowest BCUT2D eigenvalue weighted by molar-refractivity contribution is 0.0953. The summed E-state index contributed by atoms with van der Waals surface area (Å²) in [5.74, 6) is -1.26. The lowest BCUT2D eigenvalue weighted by atomic mass is 10.2. The van der Waals surface area contributed by atoms with Crippen molar-refractivity contribution in [1.82, 2.24) is 10.0 Å². The maximum Gasteiger partial charge on any atom is 0.251 e. The van der Waals surface area contributed by atoms with Gasteiger partial charge < -0.3 is 5.32 Å². The Morgan fingerprint density at radius 2 is 2.10 bits per heavy atom. The van der Waals surface area contributed by atoms with Crippen molar-refractivity contribution in [2.24, 2.45) is 0 Å². The van der Waals surface area contributed by atoms with E-state index in [0.717, 1.165) is 31.4 Å². The Hall–Kier alpha value is -1.47. The van der Waals surface area contributed by atoms with Crippen molar-refractivity contribution in [2.75, 3.05) is 6.54 Å². The molecule has 0 saturated heterocycles. The number of benzene rings is 1. The summed E-state index contributed by atoms with van der Waals surface area (Å²) in [4.78, 5) is 11.3. The smallest absolute Gasteiger partial charge is 0.251 e. The minimum Gasteiger partial charge on any atom is -0.352 e. The molecule has 0 unspecified atom stereocenters. The fraction of sp³-hybridized carbons (Fsp3) is 0.462. The van der Waals surface area contributed by atoms with Crippen LogP contribution in [-0.4, -0.2) is 26.9 Å². The number of amides is 1. The second kappa shape index (κ2) is 5.88. The average Bonchev–Trinajstić information content (AvgIpc) is 3.19. The zero-order chi connectivity index (χ0) is 14.8. The van der Waals surface area contributed by atoms with E-state index in [1.165, 1.54) is 6.07 Å². The third-order valence-electron chi connectivity index (χ3n) is 2.92. The van der Waals surface area contributed by atoms with Crippen molar-refractivity contribution >= 4 is 15.9 Å². The summed E-state index contributed by atoms with van der Waals surface area (Å²) in [6, 6.07) is 3.24. The number of sulfonamides is 1. The summed E-state index contributed by atoms with van der Waals surface area (Å²) >= 11 is 0. The normalized spacial score (nSPS) is 15.1. The molecule has 0 heterocycles. The fourth-order valence-electron chi connectivity index (χ4n) is 1.68. The standard InChI is InChI=1S/C13H17FN2O3S/c1-2-7-15-13(17)9-3-6-11(14)12(8-9)20(18,19)16-10-4-5-10/h3,6,8,10,16H,2,4-5,7H2,1H3,(H,15,17). The molecule has 1 aliphatic carbocycles. The molecule has 0 aliphatic heterocycles. The molecule has 1 aliphatic rings. The van der Waals surface area contributed by atoms with E-state index >= 15 is 0 Å². The van der Waals surface area contributed by atoms with Crippen LogP contribution in [0.5, 0.6) is 0 Å². The van der Waals surface area contributed by atoms with Gasteiger partial charge in [0.2, 0.25) is 10.0 Å². The summed E-state index contributed by atoms with van der Waals surface area (Å²) in [6.45, 7) is 2.39. The van der Waals surface area contributed by atoms with Crippen molar-refractivity contribution in [3.63, 3.8) is 0 Å². The number of nitrogens with one attached hydrogen (secondary N) is 2. The molecule has 0 spiro atoms. The average molecular weight is 300 g/mol. The van der Waals surface area contributed by atoms with Gasteiger partial charge in [-0.15, -0.1) is 0 Å². The van der Waals surface area contributed by atoms with Crippen LogP contribution in [0, 0.1) is 5.82 Å². The van der Waals surface area contributed by atoms with Crippen LogP contribution in [0.3, 0.4) is 0 Å². The molecule has 0 atom stereocenters. The molecule has 0 aromatic heterocycles. The van der Waals surface area contributed by atoms with E-state index in [4.69, 9.17) is 0 Å². The quantitative estimate of drug-likeness (QED) is 0.834. The van der Waals surface area contributed by atoms with Gasteiger partial charge in [0.05, 0.1) is 0 Å². The molecule has 7 heteroatoms. The number of hydrogen-bond acceptors (Lipinski definition) is 3. The van der Waals surface area contributed by atoms with E-state index in [1.807, 2.05) is 6.92 Å². The molecule has 5 nitrogen and oxygen atoms in total. The van der Waals surface area contributed by atoms with Gasteiger partial charge in [0.1, 0.15) is 10.7 Å². The van der Waals surface area contributed by atoms with Crippen LogP contribution in [0.25, 0.3) is 0 Å². The highest BCUT2D eigenvalue weighted by molar-refractivity contribution is 7.89. The topological polar surface area (TPSA) is 75.3 Å². The maximum atomic E-state index is 13.7. The molecule has 1 aromatic rings. The summed E-state index contributed by atoms with van der Waals surface area (Å²) in [5.41, 5.74) is 0.135. The third-order valence-corrected chi connectivity index (χ3v) is 4.45. The van der Waals surface area contributed by atoms with Gasteiger partial charge in [0.15, 0.2) is 0 Å². The molecule has 0 bridgehead atoms. The number of carbonyl (C=O) groups is 1. The monoisotopic (exact) mass is 300 g/mol. The number of halogens is 1. The van der Waals surface area contributed by atoms with Crippen molar-refractivity contribution in [3.05, 3.63) is 29.6 Å². The predicted octanol–water partition coefficient (Wildman–Crippen LogP) is 1.41. The van der Waals surface area contributed by atoms with Gasteiger partial charge in [-0.2, -0.15) is 0 Å². The first kappa shape index (κ1) is 14.9. The zero-order valence-corrected chi connectivity index (χ0v) is 12.0. The zero-order valence-electron chi connectivity index (χ0n) is 11.1. The van der Waals surface area contributed by atoms with Crippen molar-refractivity contribution in [1.29, 1.82) is 0 Å². The van der Waals surface area contributed by atoms with Crippen LogP contribution in [0.1, 0.15) is 36.5 Å². The fourth-order valence-corrected chi connectivity index (χ4v) is 3.08. The molecule has 0 radical (unpaired) electrons. The van der Waals surface area contributed by atoms with Crippen LogP contribution < -0.4 is 10.0 Å². The molecule has 1 fully saturated rings. The van der Waals surface area contributed by atoms with Gasteiger partial charge in [0.25, 0.3) is 5.91 Å². The first-order chi connectivity index (χ1) is 9.44. The van der Waals surface area contributed by atoms with Gasteiger partial charge in [-0.05, 0) is 37.5 Å². The summed E-state index contributed by atoms with van der Waals surface area (Å²) in [7, 11) is -3.91. The van der Waals surface area contributed by atoms with Crippen molar-refractivity contribution in [2.45, 2.75) is 37.1 Å². The van der Waals surface area contributed by atoms with E-state index in [2.05, 4.69) is 10.0 Å². The number of hydrogen-bond donors (Lipinski definition) is 2. The Morgan fingerprint density at radius 3 is 2.70 bits per heavy atom. The van der Waals surface area contributed by atoms with E-state index in [0.29, 0.717) is 6.54 Å². The molecule has 110 valence electrons. The Bertz CT molecular complexity index is 612. The van der Waals surface area contributed by atoms with Crippen LogP contribution in [0.4, 0.5) is 4.39 Å². The highest BCUT2D eigenvalue weighted by Gasteiger charge is 2.30. The van der Waals surface area contributed by atoms with E-state index in [-0.39, 0.29) is 11.6 Å². The maximum absolute atomic E-state index is 13.7. The first-order valence-corrected chi connectivity index (χ1v) is 8.02. The van der Waals surface area contributed by atoms with Crippen molar-refractivity contribution in [3.8, 4) is 0 Å².